The van der Waals surface area contributed by atoms with E-state index in [-0.39, 0.29) is 18.3 Å². The molecule has 0 radical (unpaired) electrons. The first-order chi connectivity index (χ1) is 14.0. The Balaban J connectivity index is 0.00000218. The maximum Gasteiger partial charge on any atom is 0.289 e. The summed E-state index contributed by atoms with van der Waals surface area (Å²) in [4.78, 5) is 15.2. The standard InChI is InChI=1S/C22H27N5O2.ClH/c1-13-4-5-14(2)19-18(13)15(3)20(29-19)22(28)26-9-6-16(7-10-26)21-25-24-17-12-23-8-11-27(17)21;/h4-5,16,23H,6-12H2,1-3H3;1H. The van der Waals surface area contributed by atoms with Gasteiger partial charge in [0.2, 0.25) is 0 Å². The molecular weight excluding hydrogens is 402 g/mol. The van der Waals surface area contributed by atoms with Gasteiger partial charge >= 0.3 is 0 Å². The van der Waals surface area contributed by atoms with Gasteiger partial charge in [0.1, 0.15) is 17.2 Å². The number of benzene rings is 1. The first-order valence-corrected chi connectivity index (χ1v) is 10.5. The van der Waals surface area contributed by atoms with Crippen LogP contribution < -0.4 is 5.32 Å². The van der Waals surface area contributed by atoms with E-state index in [1.807, 2.05) is 18.7 Å². The number of fused-ring (bicyclic) bond motifs is 2. The van der Waals surface area contributed by atoms with Crippen molar-refractivity contribution in [3.63, 3.8) is 0 Å². The molecule has 0 saturated carbocycles. The third-order valence-corrected chi connectivity index (χ3v) is 6.48. The Morgan fingerprint density at radius 2 is 1.83 bits per heavy atom. The number of carbonyl (C=O) groups is 1. The first-order valence-electron chi connectivity index (χ1n) is 10.5. The quantitative estimate of drug-likeness (QED) is 0.674. The molecule has 0 spiro atoms. The number of aromatic nitrogens is 3. The van der Waals surface area contributed by atoms with Crippen molar-refractivity contribution >= 4 is 29.3 Å². The van der Waals surface area contributed by atoms with Gasteiger partial charge in [-0.1, -0.05) is 12.1 Å². The number of nitrogens with zero attached hydrogens (tertiary/aromatic N) is 4. The second kappa shape index (κ2) is 8.04. The number of rotatable bonds is 2. The fourth-order valence-corrected chi connectivity index (χ4v) is 4.78. The van der Waals surface area contributed by atoms with Crippen LogP contribution in [-0.2, 0) is 13.1 Å². The summed E-state index contributed by atoms with van der Waals surface area (Å²) in [5, 5.41) is 13.2. The van der Waals surface area contributed by atoms with Crippen LogP contribution in [0.25, 0.3) is 11.0 Å². The monoisotopic (exact) mass is 429 g/mol. The average Bonchev–Trinajstić information content (AvgIpc) is 3.33. The number of hydrogen-bond acceptors (Lipinski definition) is 5. The second-order valence-corrected chi connectivity index (χ2v) is 8.33. The van der Waals surface area contributed by atoms with E-state index in [2.05, 4.69) is 39.1 Å². The van der Waals surface area contributed by atoms with E-state index in [9.17, 15) is 4.79 Å². The fourth-order valence-electron chi connectivity index (χ4n) is 4.78. The Labute approximate surface area is 182 Å². The third kappa shape index (κ3) is 3.30. The number of nitrogens with one attached hydrogen (secondary N) is 1. The zero-order chi connectivity index (χ0) is 20.1. The minimum Gasteiger partial charge on any atom is -0.450 e. The number of halogens is 1. The van der Waals surface area contributed by atoms with Gasteiger partial charge in [0, 0.05) is 43.0 Å². The van der Waals surface area contributed by atoms with Crippen LogP contribution in [0.15, 0.2) is 16.5 Å². The highest BCUT2D eigenvalue weighted by Gasteiger charge is 2.31. The molecular formula is C22H28ClN5O2. The number of hydrogen-bond donors (Lipinski definition) is 1. The van der Waals surface area contributed by atoms with Crippen molar-refractivity contribution in [3.05, 3.63) is 46.2 Å². The van der Waals surface area contributed by atoms with Crippen LogP contribution in [0.2, 0.25) is 0 Å². The Kier molecular flexibility index (Phi) is 5.59. The smallest absolute Gasteiger partial charge is 0.289 e. The van der Waals surface area contributed by atoms with Gasteiger partial charge in [-0.15, -0.1) is 22.6 Å². The molecule has 2 aliphatic heterocycles. The molecule has 1 saturated heterocycles. The minimum atomic E-state index is 0. The van der Waals surface area contributed by atoms with Crippen molar-refractivity contribution in [1.29, 1.82) is 0 Å². The highest BCUT2D eigenvalue weighted by Crippen LogP contribution is 2.33. The summed E-state index contributed by atoms with van der Waals surface area (Å²) >= 11 is 0. The molecule has 7 nitrogen and oxygen atoms in total. The number of amides is 1. The number of furan rings is 1. The second-order valence-electron chi connectivity index (χ2n) is 8.33. The van der Waals surface area contributed by atoms with Crippen molar-refractivity contribution in [1.82, 2.24) is 25.0 Å². The van der Waals surface area contributed by atoms with Crippen molar-refractivity contribution in [2.45, 2.75) is 52.6 Å². The van der Waals surface area contributed by atoms with E-state index in [1.165, 1.54) is 0 Å². The SMILES string of the molecule is Cc1ccc(C)c2c(C)c(C(=O)N3CCC(c4nnc5n4CCNC5)CC3)oc12.Cl. The topological polar surface area (TPSA) is 76.2 Å². The third-order valence-electron chi connectivity index (χ3n) is 6.48. The summed E-state index contributed by atoms with van der Waals surface area (Å²) < 4.78 is 8.33. The van der Waals surface area contributed by atoms with Crippen LogP contribution >= 0.6 is 12.4 Å². The van der Waals surface area contributed by atoms with Crippen LogP contribution in [0.5, 0.6) is 0 Å². The molecule has 3 aromatic rings. The molecule has 0 atom stereocenters. The van der Waals surface area contributed by atoms with E-state index in [0.29, 0.717) is 11.7 Å². The van der Waals surface area contributed by atoms with Crippen LogP contribution in [-0.4, -0.2) is 45.2 Å². The summed E-state index contributed by atoms with van der Waals surface area (Å²) in [6, 6.07) is 4.14. The molecule has 30 heavy (non-hydrogen) atoms. The highest BCUT2D eigenvalue weighted by molar-refractivity contribution is 6.00. The zero-order valence-corrected chi connectivity index (χ0v) is 18.5. The number of aryl methyl sites for hydroxylation is 3. The van der Waals surface area contributed by atoms with Crippen molar-refractivity contribution in [2.75, 3.05) is 19.6 Å². The van der Waals surface area contributed by atoms with E-state index in [1.54, 1.807) is 0 Å². The highest BCUT2D eigenvalue weighted by atomic mass is 35.5. The van der Waals surface area contributed by atoms with Gasteiger partial charge in [0.25, 0.3) is 5.91 Å². The first kappa shape index (κ1) is 20.9. The molecule has 1 fully saturated rings. The minimum absolute atomic E-state index is 0. The summed E-state index contributed by atoms with van der Waals surface area (Å²) in [5.74, 6) is 2.96. The van der Waals surface area contributed by atoms with E-state index < -0.39 is 0 Å². The predicted octanol–water partition coefficient (Wildman–Crippen LogP) is 3.49. The normalized spacial score (nSPS) is 17.1. The van der Waals surface area contributed by atoms with Crippen molar-refractivity contribution in [3.8, 4) is 0 Å². The van der Waals surface area contributed by atoms with Crippen LogP contribution in [0, 0.1) is 20.8 Å². The Hall–Kier alpha value is -2.38. The molecule has 8 heteroatoms. The van der Waals surface area contributed by atoms with Crippen LogP contribution in [0.3, 0.4) is 0 Å². The molecule has 0 bridgehead atoms. The molecule has 2 aliphatic rings. The van der Waals surface area contributed by atoms with Crippen LogP contribution in [0.4, 0.5) is 0 Å². The van der Waals surface area contributed by atoms with E-state index in [4.69, 9.17) is 4.42 Å². The molecule has 2 aromatic heterocycles. The molecule has 1 N–H and O–H groups in total. The summed E-state index contributed by atoms with van der Waals surface area (Å²) in [6.07, 6.45) is 1.82. The summed E-state index contributed by atoms with van der Waals surface area (Å²) in [6.45, 7) is 10.2. The number of likely N-dealkylation sites (tertiary alicyclic amines) is 1. The molecule has 1 aromatic carbocycles. The summed E-state index contributed by atoms with van der Waals surface area (Å²) in [7, 11) is 0. The Morgan fingerprint density at radius 1 is 1.10 bits per heavy atom. The summed E-state index contributed by atoms with van der Waals surface area (Å²) in [5.41, 5.74) is 4.00. The van der Waals surface area contributed by atoms with Gasteiger partial charge in [-0.2, -0.15) is 0 Å². The molecule has 0 unspecified atom stereocenters. The average molecular weight is 430 g/mol. The molecule has 1 amide bonds. The zero-order valence-electron chi connectivity index (χ0n) is 17.7. The molecule has 160 valence electrons. The maximum absolute atomic E-state index is 13.2. The Bertz CT molecular complexity index is 1090. The molecule has 5 rings (SSSR count). The molecule has 4 heterocycles. The van der Waals surface area contributed by atoms with Crippen molar-refractivity contribution in [2.24, 2.45) is 0 Å². The van der Waals surface area contributed by atoms with Gasteiger partial charge in [-0.25, -0.2) is 0 Å². The molecule has 0 aliphatic carbocycles. The largest absolute Gasteiger partial charge is 0.450 e. The van der Waals surface area contributed by atoms with Gasteiger partial charge in [0.15, 0.2) is 5.76 Å². The van der Waals surface area contributed by atoms with Gasteiger partial charge in [-0.05, 0) is 44.7 Å². The van der Waals surface area contributed by atoms with E-state index in [0.717, 1.165) is 84.9 Å². The fraction of sp³-hybridized carbons (Fsp3) is 0.500. The van der Waals surface area contributed by atoms with Crippen molar-refractivity contribution < 1.29 is 9.21 Å². The predicted molar refractivity (Wildman–Crippen MR) is 117 cm³/mol. The maximum atomic E-state index is 13.2. The van der Waals surface area contributed by atoms with Crippen LogP contribution in [0.1, 0.15) is 57.7 Å². The van der Waals surface area contributed by atoms with Gasteiger partial charge in [0.05, 0.1) is 6.54 Å². The lowest BCUT2D eigenvalue weighted by Gasteiger charge is -2.31. The number of piperidine rings is 1. The Morgan fingerprint density at radius 3 is 2.57 bits per heavy atom. The lowest BCUT2D eigenvalue weighted by atomic mass is 9.95. The number of carbonyl (C=O) groups excluding carboxylic acids is 1. The van der Waals surface area contributed by atoms with E-state index >= 15 is 0 Å². The lowest BCUT2D eigenvalue weighted by molar-refractivity contribution is 0.0679. The lowest BCUT2D eigenvalue weighted by Crippen LogP contribution is -2.39. The van der Waals surface area contributed by atoms with Gasteiger partial charge < -0.3 is 19.2 Å². The van der Waals surface area contributed by atoms with Gasteiger partial charge in [-0.3, -0.25) is 4.79 Å².